The van der Waals surface area contributed by atoms with E-state index in [1.165, 1.54) is 0 Å². The molecule has 0 saturated carbocycles. The van der Waals surface area contributed by atoms with Gasteiger partial charge < -0.3 is 20.4 Å². The fourth-order valence-corrected chi connectivity index (χ4v) is 1.81. The van der Waals surface area contributed by atoms with E-state index in [1.54, 1.807) is 23.8 Å². The third-order valence-electron chi connectivity index (χ3n) is 2.75. The molecule has 0 aliphatic carbocycles. The summed E-state index contributed by atoms with van der Waals surface area (Å²) in [7, 11) is 1.57. The number of para-hydroxylation sites is 2. The largest absolute Gasteiger partial charge is 0.495 e. The number of methoxy groups -OCH3 is 1. The third-order valence-corrected chi connectivity index (χ3v) is 2.75. The van der Waals surface area contributed by atoms with E-state index in [1.807, 2.05) is 30.6 Å². The highest BCUT2D eigenvalue weighted by molar-refractivity contribution is 5.92. The molecule has 19 heavy (non-hydrogen) atoms. The summed E-state index contributed by atoms with van der Waals surface area (Å²) in [6.07, 6.45) is 3.70. The second kappa shape index (κ2) is 6.06. The molecule has 0 spiro atoms. The topological polar surface area (TPSA) is 69.3 Å². The lowest BCUT2D eigenvalue weighted by molar-refractivity contribution is -0.116. The van der Waals surface area contributed by atoms with Crippen molar-refractivity contribution in [2.24, 2.45) is 5.73 Å². The number of carbonyl (C=O) groups is 1. The fraction of sp³-hybridized carbons (Fsp3) is 0.214. The number of amides is 1. The molecular formula is C14H17N3O2. The van der Waals surface area contributed by atoms with Crippen molar-refractivity contribution in [2.45, 2.75) is 13.1 Å². The van der Waals surface area contributed by atoms with Gasteiger partial charge in [0.15, 0.2) is 0 Å². The van der Waals surface area contributed by atoms with Crippen LogP contribution in [-0.4, -0.2) is 17.6 Å². The van der Waals surface area contributed by atoms with Gasteiger partial charge in [0.2, 0.25) is 5.91 Å². The number of ether oxygens (including phenoxy) is 1. The molecule has 5 nitrogen and oxygen atoms in total. The summed E-state index contributed by atoms with van der Waals surface area (Å²) >= 11 is 0. The predicted molar refractivity (Wildman–Crippen MR) is 73.9 cm³/mol. The van der Waals surface area contributed by atoms with Gasteiger partial charge in [-0.25, -0.2) is 0 Å². The van der Waals surface area contributed by atoms with Gasteiger partial charge in [-0.2, -0.15) is 0 Å². The van der Waals surface area contributed by atoms with Crippen molar-refractivity contribution in [2.75, 3.05) is 12.4 Å². The van der Waals surface area contributed by atoms with Crippen LogP contribution in [0.15, 0.2) is 42.7 Å². The number of rotatable bonds is 5. The number of anilines is 1. The molecule has 0 bridgehead atoms. The van der Waals surface area contributed by atoms with E-state index in [2.05, 4.69) is 5.32 Å². The van der Waals surface area contributed by atoms with E-state index >= 15 is 0 Å². The van der Waals surface area contributed by atoms with E-state index in [9.17, 15) is 4.79 Å². The van der Waals surface area contributed by atoms with Crippen molar-refractivity contribution >= 4 is 11.6 Å². The van der Waals surface area contributed by atoms with Gasteiger partial charge >= 0.3 is 0 Å². The molecule has 2 rings (SSSR count). The Bertz CT molecular complexity index is 563. The quantitative estimate of drug-likeness (QED) is 0.856. The number of nitrogens with two attached hydrogens (primary N) is 1. The molecule has 3 N–H and O–H groups in total. The maximum Gasteiger partial charge on any atom is 0.244 e. The van der Waals surface area contributed by atoms with Crippen molar-refractivity contribution < 1.29 is 9.53 Å². The molecule has 0 aliphatic rings. The average Bonchev–Trinajstić information content (AvgIpc) is 2.87. The van der Waals surface area contributed by atoms with Crippen LogP contribution in [0.25, 0.3) is 0 Å². The molecule has 0 atom stereocenters. The zero-order valence-corrected chi connectivity index (χ0v) is 10.8. The second-order valence-corrected chi connectivity index (χ2v) is 4.14. The predicted octanol–water partition coefficient (Wildman–Crippen LogP) is 1.59. The van der Waals surface area contributed by atoms with Gasteiger partial charge in [0.05, 0.1) is 12.8 Å². The third kappa shape index (κ3) is 3.35. The van der Waals surface area contributed by atoms with Gasteiger partial charge in [-0.3, -0.25) is 4.79 Å². The first-order valence-electron chi connectivity index (χ1n) is 6.00. The zero-order valence-electron chi connectivity index (χ0n) is 10.8. The van der Waals surface area contributed by atoms with Crippen LogP contribution in [0.1, 0.15) is 5.56 Å². The first-order chi connectivity index (χ1) is 9.22. The first-order valence-corrected chi connectivity index (χ1v) is 6.00. The highest BCUT2D eigenvalue weighted by Crippen LogP contribution is 2.22. The number of benzene rings is 1. The number of nitrogens with one attached hydrogen (secondary N) is 1. The Morgan fingerprint density at radius 2 is 2.16 bits per heavy atom. The molecule has 0 radical (unpaired) electrons. The van der Waals surface area contributed by atoms with Gasteiger partial charge in [0.1, 0.15) is 12.3 Å². The Kier molecular flexibility index (Phi) is 4.20. The summed E-state index contributed by atoms with van der Waals surface area (Å²) in [6.45, 7) is 0.721. The van der Waals surface area contributed by atoms with E-state index < -0.39 is 0 Å². The lowest BCUT2D eigenvalue weighted by Crippen LogP contribution is -2.18. The van der Waals surface area contributed by atoms with Gasteiger partial charge in [-0.1, -0.05) is 12.1 Å². The number of hydrogen-bond acceptors (Lipinski definition) is 3. The van der Waals surface area contributed by atoms with Gasteiger partial charge in [0, 0.05) is 18.9 Å². The Hall–Kier alpha value is -2.27. The Balaban J connectivity index is 2.01. The van der Waals surface area contributed by atoms with Crippen LogP contribution in [0.3, 0.4) is 0 Å². The number of nitrogens with zero attached hydrogens (tertiary/aromatic N) is 1. The van der Waals surface area contributed by atoms with Crippen molar-refractivity contribution in [1.82, 2.24) is 4.57 Å². The second-order valence-electron chi connectivity index (χ2n) is 4.14. The van der Waals surface area contributed by atoms with Gasteiger partial charge in [-0.05, 0) is 23.8 Å². The highest BCUT2D eigenvalue weighted by Gasteiger charge is 2.07. The highest BCUT2D eigenvalue weighted by atomic mass is 16.5. The number of carbonyl (C=O) groups excluding carboxylic acids is 1. The average molecular weight is 259 g/mol. The number of hydrogen-bond donors (Lipinski definition) is 2. The molecule has 0 unspecified atom stereocenters. The first kappa shape index (κ1) is 13.2. The molecule has 1 heterocycles. The van der Waals surface area contributed by atoms with Crippen LogP contribution >= 0.6 is 0 Å². The van der Waals surface area contributed by atoms with E-state index in [0.29, 0.717) is 18.0 Å². The summed E-state index contributed by atoms with van der Waals surface area (Å²) in [5, 5.41) is 2.82. The van der Waals surface area contributed by atoms with E-state index in [4.69, 9.17) is 10.5 Å². The SMILES string of the molecule is COc1ccccc1NC(=O)Cn1ccc(CN)c1. The van der Waals surface area contributed by atoms with Gasteiger partial charge in [0.25, 0.3) is 0 Å². The molecule has 5 heteroatoms. The van der Waals surface area contributed by atoms with E-state index in [0.717, 1.165) is 5.56 Å². The standard InChI is InChI=1S/C14H17N3O2/c1-19-13-5-3-2-4-12(13)16-14(18)10-17-7-6-11(8-15)9-17/h2-7,9H,8,10,15H2,1H3,(H,16,18). The van der Waals surface area contributed by atoms with Crippen LogP contribution in [0, 0.1) is 0 Å². The van der Waals surface area contributed by atoms with Crippen LogP contribution in [-0.2, 0) is 17.9 Å². The summed E-state index contributed by atoms with van der Waals surface area (Å²) in [4.78, 5) is 11.9. The smallest absolute Gasteiger partial charge is 0.244 e. The Labute approximate surface area is 112 Å². The van der Waals surface area contributed by atoms with Crippen molar-refractivity contribution in [3.63, 3.8) is 0 Å². The molecule has 1 aromatic heterocycles. The lowest BCUT2D eigenvalue weighted by Gasteiger charge is -2.10. The molecule has 0 saturated heterocycles. The minimum absolute atomic E-state index is 0.108. The van der Waals surface area contributed by atoms with Crippen LogP contribution in [0.2, 0.25) is 0 Å². The van der Waals surface area contributed by atoms with Crippen LogP contribution in [0.5, 0.6) is 5.75 Å². The van der Waals surface area contributed by atoms with Crippen molar-refractivity contribution in [3.8, 4) is 5.75 Å². The van der Waals surface area contributed by atoms with Crippen LogP contribution < -0.4 is 15.8 Å². The molecule has 1 amide bonds. The monoisotopic (exact) mass is 259 g/mol. The molecule has 0 fully saturated rings. The molecule has 100 valence electrons. The molecule has 2 aromatic rings. The summed E-state index contributed by atoms with van der Waals surface area (Å²) in [5.74, 6) is 0.537. The van der Waals surface area contributed by atoms with E-state index in [-0.39, 0.29) is 12.5 Å². The fourth-order valence-electron chi connectivity index (χ4n) is 1.81. The zero-order chi connectivity index (χ0) is 13.7. The minimum atomic E-state index is -0.108. The van der Waals surface area contributed by atoms with Crippen LogP contribution in [0.4, 0.5) is 5.69 Å². The minimum Gasteiger partial charge on any atom is -0.495 e. The molecule has 1 aromatic carbocycles. The number of aromatic nitrogens is 1. The maximum absolute atomic E-state index is 11.9. The van der Waals surface area contributed by atoms with Crippen molar-refractivity contribution in [3.05, 3.63) is 48.3 Å². The summed E-state index contributed by atoms with van der Waals surface area (Å²) in [5.41, 5.74) is 7.20. The Morgan fingerprint density at radius 3 is 2.84 bits per heavy atom. The van der Waals surface area contributed by atoms with Crippen molar-refractivity contribution in [1.29, 1.82) is 0 Å². The molecule has 0 aliphatic heterocycles. The summed E-state index contributed by atoms with van der Waals surface area (Å²) in [6, 6.07) is 9.21. The summed E-state index contributed by atoms with van der Waals surface area (Å²) < 4.78 is 6.98. The lowest BCUT2D eigenvalue weighted by atomic mass is 10.3. The molecular weight excluding hydrogens is 242 g/mol. The normalized spacial score (nSPS) is 10.2. The van der Waals surface area contributed by atoms with Gasteiger partial charge in [-0.15, -0.1) is 0 Å². The maximum atomic E-state index is 11.9. The Morgan fingerprint density at radius 1 is 1.37 bits per heavy atom.